The first-order chi connectivity index (χ1) is 8.63. The van der Waals surface area contributed by atoms with Gasteiger partial charge >= 0.3 is 0 Å². The molecule has 2 nitrogen and oxygen atoms in total. The van der Waals surface area contributed by atoms with Gasteiger partial charge in [0.1, 0.15) is 0 Å². The van der Waals surface area contributed by atoms with Crippen LogP contribution in [0.4, 0.5) is 0 Å². The average molecular weight is 255 g/mol. The van der Waals surface area contributed by atoms with E-state index in [0.29, 0.717) is 6.04 Å². The highest BCUT2D eigenvalue weighted by atomic mass is 16.3. The summed E-state index contributed by atoms with van der Waals surface area (Å²) in [6.45, 7) is 7.22. The molecule has 18 heavy (non-hydrogen) atoms. The summed E-state index contributed by atoms with van der Waals surface area (Å²) in [6.07, 6.45) is 11.2. The fourth-order valence-electron chi connectivity index (χ4n) is 3.11. The maximum Gasteiger partial charge on any atom is 0.0766 e. The summed E-state index contributed by atoms with van der Waals surface area (Å²) in [7, 11) is 0. The smallest absolute Gasteiger partial charge is 0.0766 e. The van der Waals surface area contributed by atoms with Crippen molar-refractivity contribution < 1.29 is 5.11 Å². The number of hydrogen-bond acceptors (Lipinski definition) is 2. The van der Waals surface area contributed by atoms with Crippen LogP contribution in [0, 0.1) is 5.92 Å². The first-order valence-electron chi connectivity index (χ1n) is 8.09. The van der Waals surface area contributed by atoms with Crippen LogP contribution in [0.15, 0.2) is 0 Å². The highest BCUT2D eigenvalue weighted by molar-refractivity contribution is 4.82. The van der Waals surface area contributed by atoms with Crippen molar-refractivity contribution in [2.75, 3.05) is 6.54 Å². The molecule has 0 aromatic carbocycles. The molecular formula is C16H33NO. The Morgan fingerprint density at radius 1 is 1.06 bits per heavy atom. The minimum atomic E-state index is -0.491. The van der Waals surface area contributed by atoms with Crippen molar-refractivity contribution in [3.63, 3.8) is 0 Å². The summed E-state index contributed by atoms with van der Waals surface area (Å²) < 4.78 is 0. The van der Waals surface area contributed by atoms with Crippen LogP contribution < -0.4 is 5.32 Å². The Balaban J connectivity index is 2.31. The van der Waals surface area contributed by atoms with E-state index in [4.69, 9.17) is 0 Å². The maximum atomic E-state index is 10.3. The SMILES string of the molecule is CCCC1CCCC(NCC(O)(CC)CC)CC1. The molecule has 0 bridgehead atoms. The van der Waals surface area contributed by atoms with E-state index in [-0.39, 0.29) is 0 Å². The summed E-state index contributed by atoms with van der Waals surface area (Å²) in [4.78, 5) is 0. The Morgan fingerprint density at radius 3 is 2.39 bits per heavy atom. The van der Waals surface area contributed by atoms with Crippen molar-refractivity contribution in [2.24, 2.45) is 5.92 Å². The van der Waals surface area contributed by atoms with Crippen molar-refractivity contribution in [3.8, 4) is 0 Å². The Bertz CT molecular complexity index is 213. The van der Waals surface area contributed by atoms with Crippen LogP contribution in [0.3, 0.4) is 0 Å². The van der Waals surface area contributed by atoms with Gasteiger partial charge in [-0.25, -0.2) is 0 Å². The minimum absolute atomic E-state index is 0.491. The van der Waals surface area contributed by atoms with E-state index in [1.54, 1.807) is 0 Å². The van der Waals surface area contributed by atoms with E-state index >= 15 is 0 Å². The van der Waals surface area contributed by atoms with Gasteiger partial charge in [0, 0.05) is 12.6 Å². The molecule has 2 unspecified atom stereocenters. The Labute approximate surface area is 114 Å². The van der Waals surface area contributed by atoms with Gasteiger partial charge in [-0.05, 0) is 38.0 Å². The summed E-state index contributed by atoms with van der Waals surface area (Å²) in [5.41, 5.74) is -0.491. The molecule has 108 valence electrons. The Hall–Kier alpha value is -0.0800. The molecule has 0 heterocycles. The lowest BCUT2D eigenvalue weighted by molar-refractivity contribution is 0.0293. The van der Waals surface area contributed by atoms with Gasteiger partial charge in [-0.2, -0.15) is 0 Å². The molecule has 0 amide bonds. The van der Waals surface area contributed by atoms with Gasteiger partial charge in [-0.15, -0.1) is 0 Å². The van der Waals surface area contributed by atoms with E-state index in [9.17, 15) is 5.11 Å². The summed E-state index contributed by atoms with van der Waals surface area (Å²) in [5.74, 6) is 0.957. The lowest BCUT2D eigenvalue weighted by atomic mass is 9.95. The van der Waals surface area contributed by atoms with Crippen molar-refractivity contribution in [2.45, 2.75) is 90.2 Å². The van der Waals surface area contributed by atoms with E-state index in [0.717, 1.165) is 25.3 Å². The highest BCUT2D eigenvalue weighted by Crippen LogP contribution is 2.27. The molecule has 1 fully saturated rings. The quantitative estimate of drug-likeness (QED) is 0.677. The summed E-state index contributed by atoms with van der Waals surface area (Å²) in [5, 5.41) is 13.9. The monoisotopic (exact) mass is 255 g/mol. The molecule has 1 aliphatic carbocycles. The van der Waals surface area contributed by atoms with Crippen LogP contribution in [0.25, 0.3) is 0 Å². The number of nitrogens with one attached hydrogen (secondary N) is 1. The third-order valence-corrected chi connectivity index (χ3v) is 4.82. The molecule has 0 aliphatic heterocycles. The van der Waals surface area contributed by atoms with Gasteiger partial charge in [0.25, 0.3) is 0 Å². The molecule has 1 rings (SSSR count). The third-order valence-electron chi connectivity index (χ3n) is 4.82. The second-order valence-corrected chi connectivity index (χ2v) is 6.17. The van der Waals surface area contributed by atoms with Gasteiger partial charge in [-0.3, -0.25) is 0 Å². The molecular weight excluding hydrogens is 222 g/mol. The molecule has 0 spiro atoms. The molecule has 0 aromatic rings. The predicted molar refractivity (Wildman–Crippen MR) is 78.8 cm³/mol. The third kappa shape index (κ3) is 5.27. The van der Waals surface area contributed by atoms with Crippen molar-refractivity contribution in [3.05, 3.63) is 0 Å². The second kappa shape index (κ2) is 8.16. The highest BCUT2D eigenvalue weighted by Gasteiger charge is 2.24. The molecule has 2 N–H and O–H groups in total. The number of rotatable bonds is 7. The van der Waals surface area contributed by atoms with E-state index in [2.05, 4.69) is 26.1 Å². The Morgan fingerprint density at radius 2 is 1.78 bits per heavy atom. The lowest BCUT2D eigenvalue weighted by Gasteiger charge is -2.28. The van der Waals surface area contributed by atoms with Gasteiger partial charge in [0.2, 0.25) is 0 Å². The van der Waals surface area contributed by atoms with Crippen LogP contribution in [0.1, 0.15) is 78.6 Å². The molecule has 2 atom stereocenters. The van der Waals surface area contributed by atoms with Crippen LogP contribution in [0.2, 0.25) is 0 Å². The predicted octanol–water partition coefficient (Wildman–Crippen LogP) is 3.88. The number of hydrogen-bond donors (Lipinski definition) is 2. The first-order valence-corrected chi connectivity index (χ1v) is 8.09. The number of aliphatic hydroxyl groups is 1. The zero-order valence-corrected chi connectivity index (χ0v) is 12.7. The molecule has 1 saturated carbocycles. The second-order valence-electron chi connectivity index (χ2n) is 6.17. The maximum absolute atomic E-state index is 10.3. The summed E-state index contributed by atoms with van der Waals surface area (Å²) >= 11 is 0. The standard InChI is InChI=1S/C16H33NO/c1-4-8-14-9-7-10-15(12-11-14)17-13-16(18,5-2)6-3/h14-15,17-18H,4-13H2,1-3H3. The normalized spacial score (nSPS) is 26.0. The fourth-order valence-corrected chi connectivity index (χ4v) is 3.11. The average Bonchev–Trinajstić information content (AvgIpc) is 2.62. The van der Waals surface area contributed by atoms with E-state index < -0.39 is 5.60 Å². The topological polar surface area (TPSA) is 32.3 Å². The van der Waals surface area contributed by atoms with Gasteiger partial charge in [0.05, 0.1) is 5.60 Å². The summed E-state index contributed by atoms with van der Waals surface area (Å²) in [6, 6.07) is 0.636. The minimum Gasteiger partial charge on any atom is -0.389 e. The van der Waals surface area contributed by atoms with E-state index in [1.807, 2.05) is 0 Å². The zero-order valence-electron chi connectivity index (χ0n) is 12.7. The zero-order chi connectivity index (χ0) is 13.4. The van der Waals surface area contributed by atoms with Crippen molar-refractivity contribution in [1.29, 1.82) is 0 Å². The molecule has 0 aromatic heterocycles. The van der Waals surface area contributed by atoms with E-state index in [1.165, 1.54) is 44.9 Å². The van der Waals surface area contributed by atoms with Crippen LogP contribution in [-0.2, 0) is 0 Å². The van der Waals surface area contributed by atoms with Crippen molar-refractivity contribution in [1.82, 2.24) is 5.32 Å². The molecule has 0 saturated heterocycles. The van der Waals surface area contributed by atoms with Crippen LogP contribution in [-0.4, -0.2) is 23.3 Å². The molecule has 1 aliphatic rings. The van der Waals surface area contributed by atoms with Crippen LogP contribution >= 0.6 is 0 Å². The van der Waals surface area contributed by atoms with Gasteiger partial charge in [0.15, 0.2) is 0 Å². The lowest BCUT2D eigenvalue weighted by Crippen LogP contribution is -2.43. The molecule has 0 radical (unpaired) electrons. The van der Waals surface area contributed by atoms with Crippen molar-refractivity contribution >= 4 is 0 Å². The largest absolute Gasteiger partial charge is 0.389 e. The molecule has 2 heteroatoms. The van der Waals surface area contributed by atoms with Crippen LogP contribution in [0.5, 0.6) is 0 Å². The van der Waals surface area contributed by atoms with Gasteiger partial charge < -0.3 is 10.4 Å². The first kappa shape index (κ1) is 16.0. The Kier molecular flexibility index (Phi) is 7.25. The fraction of sp³-hybridized carbons (Fsp3) is 1.00. The van der Waals surface area contributed by atoms with Gasteiger partial charge in [-0.1, -0.05) is 46.5 Å².